The van der Waals surface area contributed by atoms with E-state index in [-0.39, 0.29) is 24.4 Å². The Morgan fingerprint density at radius 1 is 1.18 bits per heavy atom. The van der Waals surface area contributed by atoms with Crippen molar-refractivity contribution < 1.29 is 18.7 Å². The van der Waals surface area contributed by atoms with Crippen LogP contribution in [0.3, 0.4) is 0 Å². The molecule has 1 unspecified atom stereocenters. The predicted molar refractivity (Wildman–Crippen MR) is 81.4 cm³/mol. The number of hydrogen-bond donors (Lipinski definition) is 1. The van der Waals surface area contributed by atoms with Crippen molar-refractivity contribution in [2.75, 3.05) is 13.7 Å². The molecule has 1 N–H and O–H groups in total. The van der Waals surface area contributed by atoms with E-state index in [1.165, 1.54) is 12.1 Å². The van der Waals surface area contributed by atoms with Gasteiger partial charge in [-0.3, -0.25) is 4.79 Å². The zero-order chi connectivity index (χ0) is 15.9. The fourth-order valence-corrected chi connectivity index (χ4v) is 1.96. The first-order valence-corrected chi connectivity index (χ1v) is 6.90. The maximum atomic E-state index is 12.9. The van der Waals surface area contributed by atoms with Crippen molar-refractivity contribution in [3.63, 3.8) is 0 Å². The van der Waals surface area contributed by atoms with Crippen LogP contribution in [0, 0.1) is 5.82 Å². The normalized spacial score (nSPS) is 11.6. The molecule has 0 fully saturated rings. The Hall–Kier alpha value is -2.56. The number of ether oxygens (including phenoxy) is 2. The zero-order valence-corrected chi connectivity index (χ0v) is 12.5. The highest BCUT2D eigenvalue weighted by molar-refractivity contribution is 5.78. The molecule has 1 atom stereocenters. The van der Waals surface area contributed by atoms with Crippen LogP contribution >= 0.6 is 0 Å². The number of benzene rings is 2. The molecule has 0 aliphatic rings. The van der Waals surface area contributed by atoms with Crippen molar-refractivity contribution in [3.05, 3.63) is 59.9 Å². The number of halogens is 1. The van der Waals surface area contributed by atoms with Crippen molar-refractivity contribution in [1.29, 1.82) is 0 Å². The Balaban J connectivity index is 1.85. The second-order valence-corrected chi connectivity index (χ2v) is 4.81. The number of carbonyl (C=O) groups excluding carboxylic acids is 1. The quantitative estimate of drug-likeness (QED) is 0.892. The van der Waals surface area contributed by atoms with Crippen LogP contribution in [0.15, 0.2) is 48.5 Å². The second kappa shape index (κ2) is 7.45. The highest BCUT2D eigenvalue weighted by Crippen LogP contribution is 2.19. The van der Waals surface area contributed by atoms with Gasteiger partial charge in [0.1, 0.15) is 17.3 Å². The minimum Gasteiger partial charge on any atom is -0.497 e. The Morgan fingerprint density at radius 2 is 1.86 bits per heavy atom. The van der Waals surface area contributed by atoms with Crippen molar-refractivity contribution in [2.24, 2.45) is 0 Å². The maximum Gasteiger partial charge on any atom is 0.258 e. The maximum absolute atomic E-state index is 12.9. The minimum absolute atomic E-state index is 0.0985. The fraction of sp³-hybridized carbons (Fsp3) is 0.235. The lowest BCUT2D eigenvalue weighted by molar-refractivity contribution is -0.123. The van der Waals surface area contributed by atoms with Gasteiger partial charge in [0.15, 0.2) is 6.61 Å². The molecule has 22 heavy (non-hydrogen) atoms. The standard InChI is InChI=1S/C17H18FNO3/c1-12(13-6-8-14(18)9-7-13)19-17(20)11-22-16-5-3-4-15(10-16)21-2/h3-10,12H,11H2,1-2H3,(H,19,20). The lowest BCUT2D eigenvalue weighted by Crippen LogP contribution is -2.31. The molecule has 2 aromatic rings. The number of carbonyl (C=O) groups is 1. The Kier molecular flexibility index (Phi) is 5.36. The molecule has 2 rings (SSSR count). The first-order chi connectivity index (χ1) is 10.6. The van der Waals surface area contributed by atoms with Gasteiger partial charge in [0.25, 0.3) is 5.91 Å². The van der Waals surface area contributed by atoms with E-state index in [4.69, 9.17) is 9.47 Å². The first-order valence-electron chi connectivity index (χ1n) is 6.90. The zero-order valence-electron chi connectivity index (χ0n) is 12.5. The molecule has 0 heterocycles. The van der Waals surface area contributed by atoms with E-state index in [1.54, 1.807) is 43.5 Å². The average molecular weight is 303 g/mol. The molecule has 0 spiro atoms. The molecule has 0 saturated carbocycles. The molecule has 0 bridgehead atoms. The van der Waals surface area contributed by atoms with E-state index < -0.39 is 0 Å². The molecule has 0 aliphatic carbocycles. The summed E-state index contributed by atoms with van der Waals surface area (Å²) in [4.78, 5) is 11.9. The van der Waals surface area contributed by atoms with Crippen LogP contribution in [0.25, 0.3) is 0 Å². The van der Waals surface area contributed by atoms with Gasteiger partial charge in [-0.1, -0.05) is 18.2 Å². The van der Waals surface area contributed by atoms with Gasteiger partial charge in [0.05, 0.1) is 13.2 Å². The predicted octanol–water partition coefficient (Wildman–Crippen LogP) is 3.09. The summed E-state index contributed by atoms with van der Waals surface area (Å²) in [6, 6.07) is 12.8. The highest BCUT2D eigenvalue weighted by atomic mass is 19.1. The molecule has 0 aromatic heterocycles. The van der Waals surface area contributed by atoms with Crippen LogP contribution in [0.4, 0.5) is 4.39 Å². The smallest absolute Gasteiger partial charge is 0.258 e. The van der Waals surface area contributed by atoms with Crippen LogP contribution in [-0.4, -0.2) is 19.6 Å². The van der Waals surface area contributed by atoms with Gasteiger partial charge in [0.2, 0.25) is 0 Å². The summed E-state index contributed by atoms with van der Waals surface area (Å²) in [7, 11) is 1.57. The third-order valence-electron chi connectivity index (χ3n) is 3.16. The van der Waals surface area contributed by atoms with Gasteiger partial charge in [-0.05, 0) is 36.8 Å². The summed E-state index contributed by atoms with van der Waals surface area (Å²) in [5.41, 5.74) is 0.830. The van der Waals surface area contributed by atoms with Crippen LogP contribution in [-0.2, 0) is 4.79 Å². The van der Waals surface area contributed by atoms with Crippen molar-refractivity contribution >= 4 is 5.91 Å². The first kappa shape index (κ1) is 15.8. The van der Waals surface area contributed by atoms with Crippen molar-refractivity contribution in [2.45, 2.75) is 13.0 Å². The summed E-state index contributed by atoms with van der Waals surface area (Å²) < 4.78 is 23.4. The summed E-state index contributed by atoms with van der Waals surface area (Å²) >= 11 is 0. The SMILES string of the molecule is COc1cccc(OCC(=O)NC(C)c2ccc(F)cc2)c1. The summed E-state index contributed by atoms with van der Waals surface area (Å²) in [5.74, 6) is 0.671. The molecular formula is C17H18FNO3. The Bertz CT molecular complexity index is 628. The van der Waals surface area contributed by atoms with Gasteiger partial charge in [-0.25, -0.2) is 4.39 Å². The monoisotopic (exact) mass is 303 g/mol. The van der Waals surface area contributed by atoms with Crippen molar-refractivity contribution in [3.8, 4) is 11.5 Å². The van der Waals surface area contributed by atoms with E-state index >= 15 is 0 Å². The largest absolute Gasteiger partial charge is 0.497 e. The number of rotatable bonds is 6. The van der Waals surface area contributed by atoms with Crippen molar-refractivity contribution in [1.82, 2.24) is 5.32 Å². The topological polar surface area (TPSA) is 47.6 Å². The molecule has 0 radical (unpaired) electrons. The Labute approximate surface area is 128 Å². The third kappa shape index (κ3) is 4.48. The lowest BCUT2D eigenvalue weighted by atomic mass is 10.1. The molecular weight excluding hydrogens is 285 g/mol. The number of methoxy groups -OCH3 is 1. The Morgan fingerprint density at radius 3 is 2.55 bits per heavy atom. The van der Waals surface area contributed by atoms with Gasteiger partial charge < -0.3 is 14.8 Å². The van der Waals surface area contributed by atoms with E-state index in [2.05, 4.69) is 5.32 Å². The summed E-state index contributed by atoms with van der Waals surface area (Å²) in [5, 5.41) is 2.80. The molecule has 0 saturated heterocycles. The van der Waals surface area contributed by atoms with E-state index in [0.717, 1.165) is 5.56 Å². The number of nitrogens with one attached hydrogen (secondary N) is 1. The van der Waals surface area contributed by atoms with Crippen LogP contribution in [0.1, 0.15) is 18.5 Å². The molecule has 1 amide bonds. The summed E-state index contributed by atoms with van der Waals surface area (Å²) in [6.07, 6.45) is 0. The number of hydrogen-bond acceptors (Lipinski definition) is 3. The highest BCUT2D eigenvalue weighted by Gasteiger charge is 2.10. The van der Waals surface area contributed by atoms with E-state index in [9.17, 15) is 9.18 Å². The second-order valence-electron chi connectivity index (χ2n) is 4.81. The number of amides is 1. The molecule has 2 aromatic carbocycles. The van der Waals surface area contributed by atoms with E-state index in [0.29, 0.717) is 11.5 Å². The van der Waals surface area contributed by atoms with Crippen LogP contribution in [0.2, 0.25) is 0 Å². The average Bonchev–Trinajstić information content (AvgIpc) is 2.53. The van der Waals surface area contributed by atoms with Crippen LogP contribution in [0.5, 0.6) is 11.5 Å². The lowest BCUT2D eigenvalue weighted by Gasteiger charge is -2.15. The molecule has 4 nitrogen and oxygen atoms in total. The molecule has 5 heteroatoms. The fourth-order valence-electron chi connectivity index (χ4n) is 1.96. The van der Waals surface area contributed by atoms with Gasteiger partial charge >= 0.3 is 0 Å². The summed E-state index contributed by atoms with van der Waals surface area (Å²) in [6.45, 7) is 1.73. The van der Waals surface area contributed by atoms with Gasteiger partial charge in [-0.2, -0.15) is 0 Å². The molecule has 116 valence electrons. The van der Waals surface area contributed by atoms with E-state index in [1.807, 2.05) is 6.92 Å². The van der Waals surface area contributed by atoms with Gasteiger partial charge in [-0.15, -0.1) is 0 Å². The minimum atomic E-state index is -0.302. The third-order valence-corrected chi connectivity index (χ3v) is 3.16. The molecule has 0 aliphatic heterocycles. The van der Waals surface area contributed by atoms with Crippen LogP contribution < -0.4 is 14.8 Å². The van der Waals surface area contributed by atoms with Gasteiger partial charge in [0, 0.05) is 6.07 Å².